The number of alkyl carbamates (subject to hydrolysis) is 1. The Labute approximate surface area is 139 Å². The summed E-state index contributed by atoms with van der Waals surface area (Å²) in [5, 5.41) is 2.88. The van der Waals surface area contributed by atoms with Crippen LogP contribution in [-0.4, -0.2) is 36.6 Å². The predicted octanol–water partition coefficient (Wildman–Crippen LogP) is 3.51. The minimum absolute atomic E-state index is 0.0299. The fourth-order valence-corrected chi connectivity index (χ4v) is 2.94. The van der Waals surface area contributed by atoms with Crippen molar-refractivity contribution in [3.05, 3.63) is 35.9 Å². The van der Waals surface area contributed by atoms with Crippen LogP contribution < -0.4 is 5.32 Å². The number of ether oxygens (including phenoxy) is 1. The number of carbonyl (C=O) groups is 2. The van der Waals surface area contributed by atoms with Gasteiger partial charge in [-0.2, -0.15) is 0 Å². The first-order chi connectivity index (χ1) is 11.1. The molecule has 1 aromatic carbocycles. The second-order valence-electron chi connectivity index (χ2n) is 5.30. The van der Waals surface area contributed by atoms with Gasteiger partial charge in [-0.1, -0.05) is 44.2 Å². The van der Waals surface area contributed by atoms with Crippen molar-refractivity contribution in [2.45, 2.75) is 52.1 Å². The molecule has 1 heterocycles. The molecule has 1 fully saturated rings. The van der Waals surface area contributed by atoms with Gasteiger partial charge in [-0.15, -0.1) is 0 Å². The number of hydrogen-bond donors (Lipinski definition) is 1. The maximum Gasteiger partial charge on any atom is 0.407 e. The smallest absolute Gasteiger partial charge is 0.407 e. The third kappa shape index (κ3) is 5.27. The highest BCUT2D eigenvalue weighted by Gasteiger charge is 2.33. The van der Waals surface area contributed by atoms with Crippen molar-refractivity contribution in [1.82, 2.24) is 10.2 Å². The van der Waals surface area contributed by atoms with Crippen LogP contribution >= 0.6 is 0 Å². The number of rotatable bonds is 3. The molecule has 128 valence electrons. The lowest BCUT2D eigenvalue weighted by atomic mass is 9.91. The first kappa shape index (κ1) is 19.0. The molecule has 1 N–H and O–H groups in total. The van der Waals surface area contributed by atoms with Crippen molar-refractivity contribution in [1.29, 1.82) is 0 Å². The summed E-state index contributed by atoms with van der Waals surface area (Å²) in [6, 6.07) is 9.45. The first-order valence-electron chi connectivity index (χ1n) is 8.30. The van der Waals surface area contributed by atoms with E-state index in [0.717, 1.165) is 31.4 Å². The average Bonchev–Trinajstić information content (AvgIpc) is 2.61. The average molecular weight is 320 g/mol. The highest BCUT2D eigenvalue weighted by molar-refractivity contribution is 5.74. The van der Waals surface area contributed by atoms with Gasteiger partial charge in [0.1, 0.15) is 0 Å². The minimum Gasteiger partial charge on any atom is -0.453 e. The van der Waals surface area contributed by atoms with Crippen LogP contribution in [0.5, 0.6) is 0 Å². The molecule has 1 aromatic rings. The molecule has 2 rings (SSSR count). The van der Waals surface area contributed by atoms with E-state index in [4.69, 9.17) is 4.74 Å². The molecule has 0 aromatic heterocycles. The monoisotopic (exact) mass is 320 g/mol. The number of amides is 2. The van der Waals surface area contributed by atoms with Gasteiger partial charge in [0, 0.05) is 13.5 Å². The van der Waals surface area contributed by atoms with E-state index in [1.54, 1.807) is 6.92 Å². The number of hydrogen-bond acceptors (Lipinski definition) is 3. The Balaban J connectivity index is 0.00000127. The fourth-order valence-electron chi connectivity index (χ4n) is 2.94. The standard InChI is InChI=1S/C16H22N2O3.C2H6/c1-12(19)18-11-7-6-10-14(18)15(17-16(20)21-2)13-8-4-3-5-9-13;1-2/h3-5,8-9,14-15H,6-7,10-11H2,1-2H3,(H,17,20);1-2H3/t14-,15+;/m0./s1. The van der Waals surface area contributed by atoms with Crippen molar-refractivity contribution in [2.75, 3.05) is 13.7 Å². The van der Waals surface area contributed by atoms with Gasteiger partial charge < -0.3 is 15.0 Å². The Morgan fingerprint density at radius 3 is 2.43 bits per heavy atom. The Hall–Kier alpha value is -2.04. The normalized spacial score (nSPS) is 18.3. The number of piperidine rings is 1. The molecular formula is C18H28N2O3. The van der Waals surface area contributed by atoms with Crippen molar-refractivity contribution in [3.63, 3.8) is 0 Å². The largest absolute Gasteiger partial charge is 0.453 e. The summed E-state index contributed by atoms with van der Waals surface area (Å²) in [4.78, 5) is 25.4. The SMILES string of the molecule is CC.COC(=O)N[C@H](c1ccccc1)[C@@H]1CCCCN1C(C)=O. The first-order valence-corrected chi connectivity index (χ1v) is 8.30. The lowest BCUT2D eigenvalue weighted by molar-refractivity contribution is -0.133. The van der Waals surface area contributed by atoms with Gasteiger partial charge in [0.05, 0.1) is 19.2 Å². The van der Waals surface area contributed by atoms with Crippen molar-refractivity contribution in [2.24, 2.45) is 0 Å². The summed E-state index contributed by atoms with van der Waals surface area (Å²) in [5.74, 6) is 0.0484. The molecule has 2 amide bonds. The van der Waals surface area contributed by atoms with E-state index in [1.165, 1.54) is 7.11 Å². The summed E-state index contributed by atoms with van der Waals surface area (Å²) >= 11 is 0. The highest BCUT2D eigenvalue weighted by Crippen LogP contribution is 2.29. The molecule has 23 heavy (non-hydrogen) atoms. The Bertz CT molecular complexity index is 490. The van der Waals surface area contributed by atoms with Gasteiger partial charge in [0.25, 0.3) is 0 Å². The molecule has 5 heteroatoms. The zero-order valence-corrected chi connectivity index (χ0v) is 14.5. The minimum atomic E-state index is -0.474. The number of benzene rings is 1. The molecule has 0 bridgehead atoms. The van der Waals surface area contributed by atoms with E-state index < -0.39 is 6.09 Å². The maximum absolute atomic E-state index is 11.9. The van der Waals surface area contributed by atoms with Gasteiger partial charge in [-0.25, -0.2) is 4.79 Å². The molecule has 1 saturated heterocycles. The molecular weight excluding hydrogens is 292 g/mol. The van der Waals surface area contributed by atoms with Crippen LogP contribution in [-0.2, 0) is 9.53 Å². The molecule has 5 nitrogen and oxygen atoms in total. The summed E-state index contributed by atoms with van der Waals surface area (Å²) in [7, 11) is 1.35. The van der Waals surface area contributed by atoms with Crippen molar-refractivity contribution < 1.29 is 14.3 Å². The quantitative estimate of drug-likeness (QED) is 0.927. The molecule has 0 saturated carbocycles. The van der Waals surface area contributed by atoms with Gasteiger partial charge in [0.2, 0.25) is 5.91 Å². The molecule has 0 aliphatic carbocycles. The van der Waals surface area contributed by atoms with E-state index in [0.29, 0.717) is 0 Å². The third-order valence-electron chi connectivity index (χ3n) is 3.96. The van der Waals surface area contributed by atoms with Crippen LogP contribution in [0.25, 0.3) is 0 Å². The van der Waals surface area contributed by atoms with Crippen LogP contribution in [0.1, 0.15) is 51.6 Å². The van der Waals surface area contributed by atoms with Gasteiger partial charge in [-0.05, 0) is 24.8 Å². The lowest BCUT2D eigenvalue weighted by Crippen LogP contribution is -2.50. The Morgan fingerprint density at radius 2 is 1.87 bits per heavy atom. The maximum atomic E-state index is 11.9. The molecule has 0 unspecified atom stereocenters. The molecule has 2 atom stereocenters. The highest BCUT2D eigenvalue weighted by atomic mass is 16.5. The molecule has 1 aliphatic rings. The number of carbonyl (C=O) groups excluding carboxylic acids is 2. The van der Waals surface area contributed by atoms with E-state index in [-0.39, 0.29) is 18.0 Å². The van der Waals surface area contributed by atoms with Crippen molar-refractivity contribution in [3.8, 4) is 0 Å². The summed E-state index contributed by atoms with van der Waals surface area (Å²) in [6.07, 6.45) is 2.47. The number of methoxy groups -OCH3 is 1. The van der Waals surface area contributed by atoms with Gasteiger partial charge in [-0.3, -0.25) is 4.79 Å². The number of nitrogens with one attached hydrogen (secondary N) is 1. The summed E-state index contributed by atoms with van der Waals surface area (Å²) in [6.45, 7) is 6.32. The van der Waals surface area contributed by atoms with Crippen LogP contribution in [0.2, 0.25) is 0 Å². The summed E-state index contributed by atoms with van der Waals surface area (Å²) < 4.78 is 4.74. The van der Waals surface area contributed by atoms with Crippen LogP contribution in [0.3, 0.4) is 0 Å². The van der Waals surface area contributed by atoms with Crippen LogP contribution in [0.4, 0.5) is 4.79 Å². The Morgan fingerprint density at radius 1 is 1.22 bits per heavy atom. The third-order valence-corrected chi connectivity index (χ3v) is 3.96. The van der Waals surface area contributed by atoms with Gasteiger partial charge >= 0.3 is 6.09 Å². The molecule has 0 radical (unpaired) electrons. The second kappa shape index (κ2) is 9.87. The van der Waals surface area contributed by atoms with E-state index >= 15 is 0 Å². The van der Waals surface area contributed by atoms with Crippen LogP contribution in [0.15, 0.2) is 30.3 Å². The zero-order valence-electron chi connectivity index (χ0n) is 14.5. The van der Waals surface area contributed by atoms with Crippen molar-refractivity contribution >= 4 is 12.0 Å². The molecule has 1 aliphatic heterocycles. The molecule has 0 spiro atoms. The zero-order chi connectivity index (χ0) is 17.2. The topological polar surface area (TPSA) is 58.6 Å². The van der Waals surface area contributed by atoms with E-state index in [1.807, 2.05) is 49.1 Å². The predicted molar refractivity (Wildman–Crippen MR) is 91.1 cm³/mol. The van der Waals surface area contributed by atoms with E-state index in [9.17, 15) is 9.59 Å². The Kier molecular flexibility index (Phi) is 8.16. The lowest BCUT2D eigenvalue weighted by Gasteiger charge is -2.40. The fraction of sp³-hybridized carbons (Fsp3) is 0.556. The van der Waals surface area contributed by atoms with E-state index in [2.05, 4.69) is 5.32 Å². The van der Waals surface area contributed by atoms with Gasteiger partial charge in [0.15, 0.2) is 0 Å². The van der Waals surface area contributed by atoms with Crippen LogP contribution in [0, 0.1) is 0 Å². The second-order valence-corrected chi connectivity index (χ2v) is 5.30. The number of nitrogens with zero attached hydrogens (tertiary/aromatic N) is 1. The summed E-state index contributed by atoms with van der Waals surface area (Å²) in [5.41, 5.74) is 0.987. The number of likely N-dealkylation sites (tertiary alicyclic amines) is 1.